The van der Waals surface area contributed by atoms with Crippen molar-refractivity contribution in [1.82, 2.24) is 4.90 Å². The van der Waals surface area contributed by atoms with Crippen molar-refractivity contribution in [3.8, 4) is 0 Å². The zero-order valence-corrected chi connectivity index (χ0v) is 11.0. The minimum absolute atomic E-state index is 0.138. The Morgan fingerprint density at radius 2 is 2.00 bits per heavy atom. The lowest BCUT2D eigenvalue weighted by atomic mass is 10.1. The number of halogens is 1. The van der Waals surface area contributed by atoms with E-state index in [0.29, 0.717) is 19.6 Å². The van der Waals surface area contributed by atoms with Crippen LogP contribution in [0.4, 0.5) is 4.39 Å². The summed E-state index contributed by atoms with van der Waals surface area (Å²) in [7, 11) is 1.65. The summed E-state index contributed by atoms with van der Waals surface area (Å²) in [5, 5.41) is 0. The number of carbonyl (C=O) groups excluding carboxylic acids is 1. The van der Waals surface area contributed by atoms with Gasteiger partial charge in [-0.3, -0.25) is 9.69 Å². The van der Waals surface area contributed by atoms with E-state index >= 15 is 0 Å². The highest BCUT2D eigenvalue weighted by molar-refractivity contribution is 5.82. The first kappa shape index (κ1) is 14.8. The van der Waals surface area contributed by atoms with E-state index in [2.05, 4.69) is 0 Å². The third-order valence-electron chi connectivity index (χ3n) is 2.77. The molecular weight excluding hydrogens is 233 g/mol. The second-order valence-electron chi connectivity index (χ2n) is 4.20. The smallest absolute Gasteiger partial charge is 0.151 e. The molecule has 0 radical (unpaired) electrons. The van der Waals surface area contributed by atoms with Crippen LogP contribution in [0.1, 0.15) is 12.5 Å². The van der Waals surface area contributed by atoms with E-state index in [9.17, 15) is 9.18 Å². The van der Waals surface area contributed by atoms with E-state index < -0.39 is 0 Å². The maximum atomic E-state index is 12.7. The molecule has 1 aromatic rings. The summed E-state index contributed by atoms with van der Waals surface area (Å²) >= 11 is 0. The Morgan fingerprint density at radius 3 is 2.56 bits per heavy atom. The van der Waals surface area contributed by atoms with Crippen molar-refractivity contribution < 1.29 is 13.9 Å². The molecule has 3 nitrogen and oxygen atoms in total. The van der Waals surface area contributed by atoms with Crippen LogP contribution < -0.4 is 0 Å². The SMILES string of the molecule is CCN(CCOC)CC(=O)Cc1ccc(F)cc1. The van der Waals surface area contributed by atoms with E-state index in [1.165, 1.54) is 12.1 Å². The van der Waals surface area contributed by atoms with Gasteiger partial charge >= 0.3 is 0 Å². The van der Waals surface area contributed by atoms with Gasteiger partial charge in [0.15, 0.2) is 5.78 Å². The van der Waals surface area contributed by atoms with Crippen LogP contribution in [0.3, 0.4) is 0 Å². The molecule has 0 fully saturated rings. The van der Waals surface area contributed by atoms with Crippen molar-refractivity contribution in [3.63, 3.8) is 0 Å². The predicted molar refractivity (Wildman–Crippen MR) is 69.1 cm³/mol. The molecule has 1 aromatic carbocycles. The van der Waals surface area contributed by atoms with Crippen molar-refractivity contribution in [2.45, 2.75) is 13.3 Å². The van der Waals surface area contributed by atoms with Gasteiger partial charge in [-0.2, -0.15) is 0 Å². The van der Waals surface area contributed by atoms with Crippen LogP contribution in [0.2, 0.25) is 0 Å². The number of ether oxygens (including phenoxy) is 1. The molecule has 0 aliphatic carbocycles. The number of hydrogen-bond acceptors (Lipinski definition) is 3. The van der Waals surface area contributed by atoms with Gasteiger partial charge < -0.3 is 4.74 Å². The van der Waals surface area contributed by atoms with Gasteiger partial charge in [0, 0.05) is 20.1 Å². The van der Waals surface area contributed by atoms with Crippen LogP contribution in [-0.4, -0.2) is 44.0 Å². The molecule has 100 valence electrons. The molecule has 0 N–H and O–H groups in total. The van der Waals surface area contributed by atoms with Gasteiger partial charge in [-0.15, -0.1) is 0 Å². The quantitative estimate of drug-likeness (QED) is 0.708. The molecule has 0 bridgehead atoms. The molecule has 0 heterocycles. The first-order chi connectivity index (χ1) is 8.65. The number of methoxy groups -OCH3 is 1. The lowest BCUT2D eigenvalue weighted by molar-refractivity contribution is -0.119. The average molecular weight is 253 g/mol. The van der Waals surface area contributed by atoms with Crippen LogP contribution in [0.25, 0.3) is 0 Å². The fraction of sp³-hybridized carbons (Fsp3) is 0.500. The van der Waals surface area contributed by atoms with Crippen molar-refractivity contribution in [2.75, 3.05) is 33.4 Å². The summed E-state index contributed by atoms with van der Waals surface area (Å²) in [4.78, 5) is 13.9. The summed E-state index contributed by atoms with van der Waals surface area (Å²) < 4.78 is 17.7. The zero-order valence-electron chi connectivity index (χ0n) is 11.0. The minimum atomic E-state index is -0.276. The maximum absolute atomic E-state index is 12.7. The van der Waals surface area contributed by atoms with Gasteiger partial charge in [0.25, 0.3) is 0 Å². The first-order valence-electron chi connectivity index (χ1n) is 6.13. The molecule has 1 rings (SSSR count). The zero-order chi connectivity index (χ0) is 13.4. The third kappa shape index (κ3) is 5.38. The van der Waals surface area contributed by atoms with Crippen molar-refractivity contribution >= 4 is 5.78 Å². The molecule has 0 atom stereocenters. The van der Waals surface area contributed by atoms with Crippen molar-refractivity contribution in [1.29, 1.82) is 0 Å². The highest BCUT2D eigenvalue weighted by atomic mass is 19.1. The summed E-state index contributed by atoms with van der Waals surface area (Å²) in [6, 6.07) is 6.06. The summed E-state index contributed by atoms with van der Waals surface area (Å²) in [5.74, 6) is -0.138. The monoisotopic (exact) mass is 253 g/mol. The number of rotatable bonds is 8. The van der Waals surface area contributed by atoms with Crippen LogP contribution in [0.5, 0.6) is 0 Å². The standard InChI is InChI=1S/C14H20FNO2/c1-3-16(8-9-18-2)11-14(17)10-12-4-6-13(15)7-5-12/h4-7H,3,8-11H2,1-2H3. The molecule has 0 spiro atoms. The molecule has 0 amide bonds. The fourth-order valence-corrected chi connectivity index (χ4v) is 1.70. The molecule has 0 aromatic heterocycles. The number of ketones is 1. The second-order valence-corrected chi connectivity index (χ2v) is 4.20. The molecule has 4 heteroatoms. The minimum Gasteiger partial charge on any atom is -0.383 e. The van der Waals surface area contributed by atoms with Crippen LogP contribution in [0.15, 0.2) is 24.3 Å². The maximum Gasteiger partial charge on any atom is 0.151 e. The molecule has 0 saturated heterocycles. The number of nitrogens with zero attached hydrogens (tertiary/aromatic N) is 1. The normalized spacial score (nSPS) is 10.9. The van der Waals surface area contributed by atoms with E-state index in [1.807, 2.05) is 11.8 Å². The number of hydrogen-bond donors (Lipinski definition) is 0. The fourth-order valence-electron chi connectivity index (χ4n) is 1.70. The van der Waals surface area contributed by atoms with Gasteiger partial charge in [-0.05, 0) is 24.2 Å². The second kappa shape index (κ2) is 7.95. The summed E-state index contributed by atoms with van der Waals surface area (Å²) in [6.07, 6.45) is 0.351. The molecule has 0 saturated carbocycles. The Bertz CT molecular complexity index is 365. The van der Waals surface area contributed by atoms with Gasteiger partial charge in [0.2, 0.25) is 0 Å². The largest absolute Gasteiger partial charge is 0.383 e. The summed E-state index contributed by atoms with van der Waals surface area (Å²) in [5.41, 5.74) is 0.851. The van der Waals surface area contributed by atoms with E-state index in [1.54, 1.807) is 19.2 Å². The van der Waals surface area contributed by atoms with Crippen LogP contribution >= 0.6 is 0 Å². The summed E-state index contributed by atoms with van der Waals surface area (Å²) in [6.45, 7) is 4.62. The Balaban J connectivity index is 2.42. The topological polar surface area (TPSA) is 29.5 Å². The number of benzene rings is 1. The highest BCUT2D eigenvalue weighted by Crippen LogP contribution is 2.04. The van der Waals surface area contributed by atoms with Gasteiger partial charge in [0.05, 0.1) is 13.2 Å². The van der Waals surface area contributed by atoms with Crippen molar-refractivity contribution in [2.24, 2.45) is 0 Å². The Hall–Kier alpha value is -1.26. The molecule has 0 aliphatic heterocycles. The lowest BCUT2D eigenvalue weighted by Gasteiger charge is -2.18. The number of likely N-dealkylation sites (N-methyl/N-ethyl adjacent to an activating group) is 1. The molecule has 18 heavy (non-hydrogen) atoms. The van der Waals surface area contributed by atoms with Crippen LogP contribution in [-0.2, 0) is 16.0 Å². The number of Topliss-reactive ketones (excluding diaryl/α,β-unsaturated/α-hetero) is 1. The van der Waals surface area contributed by atoms with Gasteiger partial charge in [0.1, 0.15) is 5.82 Å². The van der Waals surface area contributed by atoms with E-state index in [4.69, 9.17) is 4.74 Å². The van der Waals surface area contributed by atoms with E-state index in [0.717, 1.165) is 18.7 Å². The Labute approximate surface area is 108 Å². The molecular formula is C14H20FNO2. The Kier molecular flexibility index (Phi) is 6.54. The van der Waals surface area contributed by atoms with Gasteiger partial charge in [-0.1, -0.05) is 19.1 Å². The predicted octanol–water partition coefficient (Wildman–Crippen LogP) is 1.91. The Morgan fingerprint density at radius 1 is 1.33 bits per heavy atom. The average Bonchev–Trinajstić information content (AvgIpc) is 2.37. The van der Waals surface area contributed by atoms with E-state index in [-0.39, 0.29) is 11.6 Å². The van der Waals surface area contributed by atoms with Gasteiger partial charge in [-0.25, -0.2) is 4.39 Å². The molecule has 0 unspecified atom stereocenters. The third-order valence-corrected chi connectivity index (χ3v) is 2.77. The molecule has 0 aliphatic rings. The lowest BCUT2D eigenvalue weighted by Crippen LogP contribution is -2.33. The number of carbonyl (C=O) groups is 1. The first-order valence-corrected chi connectivity index (χ1v) is 6.13. The highest BCUT2D eigenvalue weighted by Gasteiger charge is 2.09. The van der Waals surface area contributed by atoms with Crippen molar-refractivity contribution in [3.05, 3.63) is 35.6 Å². The van der Waals surface area contributed by atoms with Crippen LogP contribution in [0, 0.1) is 5.82 Å².